The summed E-state index contributed by atoms with van der Waals surface area (Å²) in [7, 11) is 0. The Morgan fingerprint density at radius 1 is 1.53 bits per heavy atom. The molecule has 3 nitrogen and oxygen atoms in total. The van der Waals surface area contributed by atoms with Gasteiger partial charge in [0.1, 0.15) is 0 Å². The van der Waals surface area contributed by atoms with Gasteiger partial charge in [-0.25, -0.2) is 0 Å². The highest BCUT2D eigenvalue weighted by Gasteiger charge is 2.53. The molecule has 0 bridgehead atoms. The maximum atomic E-state index is 4.34. The Morgan fingerprint density at radius 3 is 2.82 bits per heavy atom. The van der Waals surface area contributed by atoms with Gasteiger partial charge in [0.2, 0.25) is 0 Å². The first-order valence-electron chi connectivity index (χ1n) is 6.99. The Kier molecular flexibility index (Phi) is 2.74. The first-order valence-corrected chi connectivity index (χ1v) is 6.99. The number of nitrogens with one attached hydrogen (secondary N) is 1. The van der Waals surface area contributed by atoms with Gasteiger partial charge in [0.05, 0.1) is 6.20 Å². The standard InChI is InChI=1S/C14H23N3/c1-3-17-9-12(8-16-17)11(2)15-10-14(6-7-14)13-4-5-13/h8-9,11,13,15H,3-7,10H2,1-2H3. The van der Waals surface area contributed by atoms with E-state index in [1.54, 1.807) is 0 Å². The van der Waals surface area contributed by atoms with Crippen molar-refractivity contribution < 1.29 is 0 Å². The molecule has 1 atom stereocenters. The zero-order chi connectivity index (χ0) is 11.9. The molecule has 3 rings (SSSR count). The molecule has 2 saturated carbocycles. The van der Waals surface area contributed by atoms with Crippen LogP contribution in [-0.2, 0) is 6.54 Å². The molecule has 2 aliphatic carbocycles. The van der Waals surface area contributed by atoms with Crippen LogP contribution in [0.2, 0.25) is 0 Å². The predicted octanol–water partition coefficient (Wildman–Crippen LogP) is 2.74. The van der Waals surface area contributed by atoms with Crippen LogP contribution in [0.3, 0.4) is 0 Å². The smallest absolute Gasteiger partial charge is 0.0537 e. The van der Waals surface area contributed by atoms with Crippen molar-refractivity contribution in [1.82, 2.24) is 15.1 Å². The van der Waals surface area contributed by atoms with Gasteiger partial charge in [-0.3, -0.25) is 4.68 Å². The second kappa shape index (κ2) is 4.13. The molecule has 2 fully saturated rings. The highest BCUT2D eigenvalue weighted by molar-refractivity contribution is 5.11. The van der Waals surface area contributed by atoms with Crippen molar-refractivity contribution in [1.29, 1.82) is 0 Å². The molecule has 0 aromatic carbocycles. The number of aryl methyl sites for hydroxylation is 1. The van der Waals surface area contributed by atoms with Crippen molar-refractivity contribution in [2.75, 3.05) is 6.54 Å². The van der Waals surface area contributed by atoms with Crippen LogP contribution in [-0.4, -0.2) is 16.3 Å². The fraction of sp³-hybridized carbons (Fsp3) is 0.786. The molecule has 17 heavy (non-hydrogen) atoms. The van der Waals surface area contributed by atoms with Crippen molar-refractivity contribution in [2.24, 2.45) is 11.3 Å². The summed E-state index contributed by atoms with van der Waals surface area (Å²) in [6.45, 7) is 6.54. The van der Waals surface area contributed by atoms with E-state index in [0.29, 0.717) is 11.5 Å². The Hall–Kier alpha value is -0.830. The quantitative estimate of drug-likeness (QED) is 0.818. The number of hydrogen-bond acceptors (Lipinski definition) is 2. The molecule has 0 amide bonds. The van der Waals surface area contributed by atoms with E-state index < -0.39 is 0 Å². The Labute approximate surface area is 104 Å². The van der Waals surface area contributed by atoms with Gasteiger partial charge < -0.3 is 5.32 Å². The number of hydrogen-bond donors (Lipinski definition) is 1. The van der Waals surface area contributed by atoms with E-state index in [1.165, 1.54) is 37.8 Å². The van der Waals surface area contributed by atoms with Gasteiger partial charge in [-0.05, 0) is 50.9 Å². The normalized spacial score (nSPS) is 23.6. The van der Waals surface area contributed by atoms with Crippen molar-refractivity contribution in [3.63, 3.8) is 0 Å². The molecule has 1 heterocycles. The summed E-state index contributed by atoms with van der Waals surface area (Å²) in [6, 6.07) is 0.437. The predicted molar refractivity (Wildman–Crippen MR) is 68.7 cm³/mol. The molecule has 1 unspecified atom stereocenters. The molecule has 0 aliphatic heterocycles. The zero-order valence-electron chi connectivity index (χ0n) is 10.9. The number of rotatable bonds is 6. The summed E-state index contributed by atoms with van der Waals surface area (Å²) in [6.07, 6.45) is 10.0. The highest BCUT2D eigenvalue weighted by Crippen LogP contribution is 2.60. The Morgan fingerprint density at radius 2 is 2.29 bits per heavy atom. The fourth-order valence-corrected chi connectivity index (χ4v) is 2.84. The van der Waals surface area contributed by atoms with Gasteiger partial charge in [-0.1, -0.05) is 0 Å². The van der Waals surface area contributed by atoms with Crippen LogP contribution >= 0.6 is 0 Å². The third-order valence-electron chi connectivity index (χ3n) is 4.57. The van der Waals surface area contributed by atoms with Gasteiger partial charge in [0.15, 0.2) is 0 Å². The van der Waals surface area contributed by atoms with Crippen LogP contribution in [0.15, 0.2) is 12.4 Å². The van der Waals surface area contributed by atoms with E-state index in [1.807, 2.05) is 10.9 Å². The van der Waals surface area contributed by atoms with E-state index >= 15 is 0 Å². The van der Waals surface area contributed by atoms with Crippen LogP contribution in [0, 0.1) is 11.3 Å². The molecule has 1 aromatic heterocycles. The zero-order valence-corrected chi connectivity index (χ0v) is 10.9. The summed E-state index contributed by atoms with van der Waals surface area (Å²) in [4.78, 5) is 0. The van der Waals surface area contributed by atoms with Gasteiger partial charge in [-0.2, -0.15) is 5.10 Å². The van der Waals surface area contributed by atoms with Gasteiger partial charge in [-0.15, -0.1) is 0 Å². The molecular formula is C14H23N3. The molecule has 0 saturated heterocycles. The van der Waals surface area contributed by atoms with Gasteiger partial charge in [0.25, 0.3) is 0 Å². The number of aromatic nitrogens is 2. The number of nitrogens with zero attached hydrogens (tertiary/aromatic N) is 2. The second-order valence-electron chi connectivity index (χ2n) is 5.87. The maximum absolute atomic E-state index is 4.34. The molecule has 94 valence electrons. The lowest BCUT2D eigenvalue weighted by Gasteiger charge is -2.19. The van der Waals surface area contributed by atoms with Crippen LogP contribution in [0.4, 0.5) is 0 Å². The molecule has 1 aromatic rings. The summed E-state index contributed by atoms with van der Waals surface area (Å²) in [5, 5.41) is 8.05. The lowest BCUT2D eigenvalue weighted by molar-refractivity contribution is 0.382. The lowest BCUT2D eigenvalue weighted by Crippen LogP contribution is -2.27. The monoisotopic (exact) mass is 233 g/mol. The van der Waals surface area contributed by atoms with Gasteiger partial charge in [0, 0.05) is 30.9 Å². The topological polar surface area (TPSA) is 29.9 Å². The maximum Gasteiger partial charge on any atom is 0.0537 e. The van der Waals surface area contributed by atoms with Gasteiger partial charge >= 0.3 is 0 Å². The minimum Gasteiger partial charge on any atom is -0.310 e. The third-order valence-corrected chi connectivity index (χ3v) is 4.57. The van der Waals surface area contributed by atoms with Crippen LogP contribution in [0.25, 0.3) is 0 Å². The van der Waals surface area contributed by atoms with Crippen molar-refractivity contribution in [3.8, 4) is 0 Å². The summed E-state index contributed by atoms with van der Waals surface area (Å²) < 4.78 is 2.00. The summed E-state index contributed by atoms with van der Waals surface area (Å²) >= 11 is 0. The van der Waals surface area contributed by atoms with E-state index in [-0.39, 0.29) is 0 Å². The van der Waals surface area contributed by atoms with Crippen LogP contribution < -0.4 is 5.32 Å². The second-order valence-corrected chi connectivity index (χ2v) is 5.87. The average Bonchev–Trinajstić information content (AvgIpc) is 3.23. The van der Waals surface area contributed by atoms with E-state index in [2.05, 4.69) is 30.5 Å². The largest absolute Gasteiger partial charge is 0.310 e. The third kappa shape index (κ3) is 2.25. The van der Waals surface area contributed by atoms with E-state index in [0.717, 1.165) is 12.5 Å². The van der Waals surface area contributed by atoms with Crippen molar-refractivity contribution in [2.45, 2.75) is 52.1 Å². The van der Waals surface area contributed by atoms with E-state index in [4.69, 9.17) is 0 Å². The molecule has 1 N–H and O–H groups in total. The average molecular weight is 233 g/mol. The SMILES string of the molecule is CCn1cc(C(C)NCC2(C3CC3)CC2)cn1. The Bertz CT molecular complexity index is 388. The first-order chi connectivity index (χ1) is 8.23. The fourth-order valence-electron chi connectivity index (χ4n) is 2.84. The molecule has 0 radical (unpaired) electrons. The molecule has 3 heteroatoms. The summed E-state index contributed by atoms with van der Waals surface area (Å²) in [5.41, 5.74) is 2.01. The van der Waals surface area contributed by atoms with Crippen molar-refractivity contribution in [3.05, 3.63) is 18.0 Å². The van der Waals surface area contributed by atoms with Crippen molar-refractivity contribution >= 4 is 0 Å². The minimum atomic E-state index is 0.437. The van der Waals surface area contributed by atoms with Crippen LogP contribution in [0.5, 0.6) is 0 Å². The lowest BCUT2D eigenvalue weighted by atomic mass is 10.00. The Balaban J connectivity index is 1.54. The van der Waals surface area contributed by atoms with E-state index in [9.17, 15) is 0 Å². The molecule has 0 spiro atoms. The molecule has 2 aliphatic rings. The summed E-state index contributed by atoms with van der Waals surface area (Å²) in [5.74, 6) is 1.04. The first kappa shape index (κ1) is 11.3. The highest BCUT2D eigenvalue weighted by atomic mass is 15.3. The van der Waals surface area contributed by atoms with Crippen LogP contribution in [0.1, 0.15) is 51.1 Å². The minimum absolute atomic E-state index is 0.437. The molecular weight excluding hydrogens is 210 g/mol.